The van der Waals surface area contributed by atoms with Gasteiger partial charge in [0.25, 0.3) is 0 Å². The Kier molecular flexibility index (Phi) is 6.14. The fraction of sp³-hybridized carbons (Fsp3) is 0.316. The summed E-state index contributed by atoms with van der Waals surface area (Å²) in [5, 5.41) is 3.81. The summed E-state index contributed by atoms with van der Waals surface area (Å²) in [5.41, 5.74) is 2.22. The summed E-state index contributed by atoms with van der Waals surface area (Å²) in [6, 6.07) is 13.2. The van der Waals surface area contributed by atoms with Gasteiger partial charge in [0.2, 0.25) is 0 Å². The number of benzene rings is 1. The molecule has 0 bridgehead atoms. The topological polar surface area (TPSA) is 57.7 Å². The Morgan fingerprint density at radius 1 is 1.15 bits per heavy atom. The van der Waals surface area contributed by atoms with Crippen molar-refractivity contribution >= 4 is 29.0 Å². The molecule has 1 aliphatic heterocycles. The zero-order valence-corrected chi connectivity index (χ0v) is 15.5. The molecule has 1 fully saturated rings. The van der Waals surface area contributed by atoms with Crippen LogP contribution in [0.15, 0.2) is 48.7 Å². The minimum Gasteiger partial charge on any atom is -0.465 e. The molecule has 1 N–H and O–H groups in total. The lowest BCUT2D eigenvalue weighted by Gasteiger charge is -2.36. The van der Waals surface area contributed by atoms with E-state index >= 15 is 0 Å². The van der Waals surface area contributed by atoms with Crippen LogP contribution in [-0.4, -0.2) is 59.2 Å². The molecule has 3 rings (SSSR count). The van der Waals surface area contributed by atoms with Crippen LogP contribution in [0.25, 0.3) is 0 Å². The first-order valence-corrected chi connectivity index (χ1v) is 8.93. The minimum absolute atomic E-state index is 0.379. The number of hydrogen-bond acceptors (Lipinski definition) is 5. The standard InChI is InChI=1S/C19H22N4O2S/c1-25-18(24)16-7-2-3-8-17(16)21-19(26)23-12-10-22(11-13-23)14-15-6-4-5-9-20-15/h2-9H,10-14H2,1H3,(H,21,26). The Bertz CT molecular complexity index is 761. The number of hydrogen-bond donors (Lipinski definition) is 1. The lowest BCUT2D eigenvalue weighted by atomic mass is 10.2. The third-order valence-corrected chi connectivity index (χ3v) is 4.71. The average Bonchev–Trinajstić information content (AvgIpc) is 2.69. The van der Waals surface area contributed by atoms with Gasteiger partial charge in [-0.15, -0.1) is 0 Å². The normalized spacial score (nSPS) is 14.7. The number of anilines is 1. The van der Waals surface area contributed by atoms with Crippen LogP contribution in [-0.2, 0) is 11.3 Å². The summed E-state index contributed by atoms with van der Waals surface area (Å²) in [6.45, 7) is 4.34. The number of carbonyl (C=O) groups is 1. The number of nitrogens with zero attached hydrogens (tertiary/aromatic N) is 3. The van der Waals surface area contributed by atoms with Crippen molar-refractivity contribution in [3.8, 4) is 0 Å². The summed E-state index contributed by atoms with van der Waals surface area (Å²) in [5.74, 6) is -0.379. The van der Waals surface area contributed by atoms with E-state index < -0.39 is 0 Å². The van der Waals surface area contributed by atoms with Crippen LogP contribution < -0.4 is 5.32 Å². The number of esters is 1. The number of aromatic nitrogens is 1. The highest BCUT2D eigenvalue weighted by molar-refractivity contribution is 7.80. The lowest BCUT2D eigenvalue weighted by molar-refractivity contribution is 0.0602. The molecule has 0 atom stereocenters. The number of pyridine rings is 1. The fourth-order valence-electron chi connectivity index (χ4n) is 2.90. The second-order valence-electron chi connectivity index (χ2n) is 6.05. The molecular weight excluding hydrogens is 348 g/mol. The predicted molar refractivity (Wildman–Crippen MR) is 105 cm³/mol. The monoisotopic (exact) mass is 370 g/mol. The maximum atomic E-state index is 11.9. The zero-order chi connectivity index (χ0) is 18.4. The molecule has 2 heterocycles. The van der Waals surface area contributed by atoms with Crippen molar-refractivity contribution in [2.75, 3.05) is 38.6 Å². The van der Waals surface area contributed by atoms with Crippen LogP contribution in [0, 0.1) is 0 Å². The molecule has 0 amide bonds. The van der Waals surface area contributed by atoms with Crippen molar-refractivity contribution < 1.29 is 9.53 Å². The van der Waals surface area contributed by atoms with Gasteiger partial charge in [0.15, 0.2) is 5.11 Å². The molecule has 0 aliphatic carbocycles. The predicted octanol–water partition coefficient (Wildman–Crippen LogP) is 2.38. The van der Waals surface area contributed by atoms with Crippen LogP contribution in [0.2, 0.25) is 0 Å². The highest BCUT2D eigenvalue weighted by atomic mass is 32.1. The number of piperazine rings is 1. The molecular formula is C19H22N4O2S. The molecule has 1 aromatic carbocycles. The van der Waals surface area contributed by atoms with Crippen LogP contribution in [0.5, 0.6) is 0 Å². The molecule has 1 saturated heterocycles. The van der Waals surface area contributed by atoms with Gasteiger partial charge in [0.1, 0.15) is 0 Å². The summed E-state index contributed by atoms with van der Waals surface area (Å²) in [6.07, 6.45) is 1.82. The summed E-state index contributed by atoms with van der Waals surface area (Å²) >= 11 is 5.54. The number of ether oxygens (including phenoxy) is 1. The van der Waals surface area contributed by atoms with Crippen molar-refractivity contribution in [1.82, 2.24) is 14.8 Å². The maximum absolute atomic E-state index is 11.9. The number of methoxy groups -OCH3 is 1. The van der Waals surface area contributed by atoms with Crippen LogP contribution in [0.3, 0.4) is 0 Å². The highest BCUT2D eigenvalue weighted by Crippen LogP contribution is 2.17. The number of para-hydroxylation sites is 1. The Balaban J connectivity index is 1.55. The number of nitrogens with one attached hydrogen (secondary N) is 1. The van der Waals surface area contributed by atoms with Gasteiger partial charge in [-0.25, -0.2) is 4.79 Å². The van der Waals surface area contributed by atoms with E-state index in [2.05, 4.69) is 20.1 Å². The van der Waals surface area contributed by atoms with Gasteiger partial charge >= 0.3 is 5.97 Å². The van der Waals surface area contributed by atoms with Gasteiger partial charge in [-0.2, -0.15) is 0 Å². The second-order valence-corrected chi connectivity index (χ2v) is 6.44. The molecule has 0 saturated carbocycles. The number of thiocarbonyl (C=S) groups is 1. The van der Waals surface area contributed by atoms with E-state index in [1.807, 2.05) is 36.5 Å². The zero-order valence-electron chi connectivity index (χ0n) is 14.7. The van der Waals surface area contributed by atoms with Crippen LogP contribution in [0.4, 0.5) is 5.69 Å². The fourth-order valence-corrected chi connectivity index (χ4v) is 3.20. The Morgan fingerprint density at radius 3 is 2.58 bits per heavy atom. The van der Waals surface area contributed by atoms with Crippen LogP contribution in [0.1, 0.15) is 16.1 Å². The smallest absolute Gasteiger partial charge is 0.339 e. The van der Waals surface area contributed by atoms with E-state index in [4.69, 9.17) is 17.0 Å². The summed E-state index contributed by atoms with van der Waals surface area (Å²) < 4.78 is 4.83. The van der Waals surface area contributed by atoms with Gasteiger partial charge in [0.05, 0.1) is 24.1 Å². The molecule has 2 aromatic rings. The van der Waals surface area contributed by atoms with E-state index in [1.54, 1.807) is 12.1 Å². The Morgan fingerprint density at radius 2 is 1.88 bits per heavy atom. The summed E-state index contributed by atoms with van der Waals surface area (Å²) in [4.78, 5) is 20.7. The first kappa shape index (κ1) is 18.3. The van der Waals surface area contributed by atoms with E-state index in [0.29, 0.717) is 16.4 Å². The SMILES string of the molecule is COC(=O)c1ccccc1NC(=S)N1CCN(Cc2ccccn2)CC1. The minimum atomic E-state index is -0.379. The van der Waals surface area contributed by atoms with Crippen molar-refractivity contribution in [2.24, 2.45) is 0 Å². The molecule has 1 aliphatic rings. The third-order valence-electron chi connectivity index (χ3n) is 4.35. The second kappa shape index (κ2) is 8.73. The van der Waals surface area contributed by atoms with E-state index in [-0.39, 0.29) is 5.97 Å². The van der Waals surface area contributed by atoms with Crippen molar-refractivity contribution in [1.29, 1.82) is 0 Å². The lowest BCUT2D eigenvalue weighted by Crippen LogP contribution is -2.49. The molecule has 0 spiro atoms. The van der Waals surface area contributed by atoms with Crippen molar-refractivity contribution in [2.45, 2.75) is 6.54 Å². The molecule has 26 heavy (non-hydrogen) atoms. The summed E-state index contributed by atoms with van der Waals surface area (Å²) in [7, 11) is 1.37. The largest absolute Gasteiger partial charge is 0.465 e. The maximum Gasteiger partial charge on any atom is 0.339 e. The van der Waals surface area contributed by atoms with Gasteiger partial charge in [-0.3, -0.25) is 9.88 Å². The molecule has 0 radical (unpaired) electrons. The number of rotatable bonds is 4. The highest BCUT2D eigenvalue weighted by Gasteiger charge is 2.20. The average molecular weight is 370 g/mol. The van der Waals surface area contributed by atoms with Gasteiger partial charge in [-0.05, 0) is 36.5 Å². The van der Waals surface area contributed by atoms with E-state index in [9.17, 15) is 4.79 Å². The Labute approximate surface area is 158 Å². The molecule has 136 valence electrons. The van der Waals surface area contributed by atoms with E-state index in [1.165, 1.54) is 7.11 Å². The van der Waals surface area contributed by atoms with Crippen molar-refractivity contribution in [3.05, 3.63) is 59.9 Å². The quantitative estimate of drug-likeness (QED) is 0.655. The Hall–Kier alpha value is -2.51. The molecule has 7 heteroatoms. The van der Waals surface area contributed by atoms with E-state index in [0.717, 1.165) is 38.4 Å². The first-order valence-electron chi connectivity index (χ1n) is 8.53. The third kappa shape index (κ3) is 4.56. The molecule has 1 aromatic heterocycles. The first-order chi connectivity index (χ1) is 12.7. The molecule has 0 unspecified atom stereocenters. The van der Waals surface area contributed by atoms with Crippen molar-refractivity contribution in [3.63, 3.8) is 0 Å². The van der Waals surface area contributed by atoms with Gasteiger partial charge in [0, 0.05) is 38.9 Å². The number of carbonyl (C=O) groups excluding carboxylic acids is 1. The van der Waals surface area contributed by atoms with Crippen LogP contribution >= 0.6 is 12.2 Å². The van der Waals surface area contributed by atoms with Gasteiger partial charge in [-0.1, -0.05) is 18.2 Å². The molecule has 6 nitrogen and oxygen atoms in total. The van der Waals surface area contributed by atoms with Gasteiger partial charge < -0.3 is 15.0 Å².